The summed E-state index contributed by atoms with van der Waals surface area (Å²) < 4.78 is 82.3. The van der Waals surface area contributed by atoms with Gasteiger partial charge < -0.3 is 20.5 Å². The van der Waals surface area contributed by atoms with Crippen LogP contribution in [0.5, 0.6) is 11.5 Å². The molecule has 12 heteroatoms. The molecule has 1 aromatic carbocycles. The van der Waals surface area contributed by atoms with E-state index in [1.165, 1.54) is 0 Å². The van der Waals surface area contributed by atoms with Crippen molar-refractivity contribution < 1.29 is 40.6 Å². The molecule has 1 rings (SSSR count). The van der Waals surface area contributed by atoms with E-state index in [1.807, 2.05) is 0 Å². The highest BCUT2D eigenvalue weighted by atomic mass is 35.5. The Hall–Kier alpha value is -1.88. The number of hydrogen-bond donors (Lipinski definition) is 2. The first-order valence-corrected chi connectivity index (χ1v) is 7.03. The van der Waals surface area contributed by atoms with Gasteiger partial charge in [0.15, 0.2) is 13.2 Å². The molecule has 0 heterocycles. The summed E-state index contributed by atoms with van der Waals surface area (Å²) in [5, 5.41) is 2.38. The summed E-state index contributed by atoms with van der Waals surface area (Å²) >= 11 is 0. The summed E-state index contributed by atoms with van der Waals surface area (Å²) in [7, 11) is 0. The van der Waals surface area contributed by atoms with Gasteiger partial charge >= 0.3 is 12.4 Å². The number of carbonyl (C=O) groups is 1. The highest BCUT2D eigenvalue weighted by Gasteiger charge is 2.30. The van der Waals surface area contributed by atoms with Gasteiger partial charge in [0, 0.05) is 6.54 Å². The second-order valence-corrected chi connectivity index (χ2v) is 4.86. The molecule has 0 saturated heterocycles. The molecular weight excluding hydrogens is 394 g/mol. The van der Waals surface area contributed by atoms with Crippen LogP contribution in [0.3, 0.4) is 0 Å². The van der Waals surface area contributed by atoms with Crippen molar-refractivity contribution in [2.24, 2.45) is 5.73 Å². The van der Waals surface area contributed by atoms with Gasteiger partial charge in [-0.1, -0.05) is 0 Å². The number of nitrogens with two attached hydrogens (primary N) is 1. The zero-order valence-electron chi connectivity index (χ0n) is 13.2. The van der Waals surface area contributed by atoms with Crippen molar-refractivity contribution >= 4 is 18.3 Å². The van der Waals surface area contributed by atoms with Crippen LogP contribution in [0.15, 0.2) is 18.2 Å². The van der Waals surface area contributed by atoms with E-state index in [4.69, 9.17) is 5.73 Å². The predicted octanol–water partition coefficient (Wildman–Crippen LogP) is 3.07. The first-order chi connectivity index (χ1) is 11.5. The zero-order chi connectivity index (χ0) is 19.1. The van der Waals surface area contributed by atoms with Crippen LogP contribution in [0.4, 0.5) is 26.3 Å². The molecule has 26 heavy (non-hydrogen) atoms. The van der Waals surface area contributed by atoms with Gasteiger partial charge in [-0.2, -0.15) is 26.3 Å². The van der Waals surface area contributed by atoms with E-state index >= 15 is 0 Å². The molecule has 0 aliphatic rings. The number of nitrogens with one attached hydrogen (secondary N) is 1. The zero-order valence-corrected chi connectivity index (χ0v) is 14.1. The Balaban J connectivity index is 0.00000625. The molecule has 3 N–H and O–H groups in total. The minimum Gasteiger partial charge on any atom is -0.484 e. The van der Waals surface area contributed by atoms with Gasteiger partial charge in [-0.05, 0) is 31.2 Å². The first kappa shape index (κ1) is 24.1. The Morgan fingerprint density at radius 2 is 1.62 bits per heavy atom. The van der Waals surface area contributed by atoms with Gasteiger partial charge in [0.2, 0.25) is 0 Å². The number of carbonyl (C=O) groups excluding carboxylic acids is 1. The SMILES string of the molecule is Cl.NCCCNC(=O)c1cc(OCC(F)(F)F)ccc1OCC(F)(F)F. The molecule has 0 aliphatic heterocycles. The molecule has 0 aromatic heterocycles. The van der Waals surface area contributed by atoms with Crippen molar-refractivity contribution in [3.05, 3.63) is 23.8 Å². The largest absolute Gasteiger partial charge is 0.484 e. The van der Waals surface area contributed by atoms with Crippen molar-refractivity contribution in [3.63, 3.8) is 0 Å². The monoisotopic (exact) mass is 410 g/mol. The molecule has 0 radical (unpaired) electrons. The van der Waals surface area contributed by atoms with E-state index in [2.05, 4.69) is 14.8 Å². The molecule has 0 fully saturated rings. The molecular formula is C14H17ClF6N2O3. The van der Waals surface area contributed by atoms with Crippen LogP contribution in [0.25, 0.3) is 0 Å². The average molecular weight is 411 g/mol. The van der Waals surface area contributed by atoms with Crippen molar-refractivity contribution in [3.8, 4) is 11.5 Å². The number of ether oxygens (including phenoxy) is 2. The Labute approximate surface area is 151 Å². The fourth-order valence-electron chi connectivity index (χ4n) is 1.63. The Kier molecular flexibility index (Phi) is 9.57. The van der Waals surface area contributed by atoms with Gasteiger partial charge in [-0.3, -0.25) is 4.79 Å². The van der Waals surface area contributed by atoms with Gasteiger partial charge in [0.25, 0.3) is 5.91 Å². The van der Waals surface area contributed by atoms with E-state index in [0.29, 0.717) is 6.42 Å². The maximum Gasteiger partial charge on any atom is 0.422 e. The molecule has 0 spiro atoms. The van der Waals surface area contributed by atoms with E-state index < -0.39 is 37.2 Å². The van der Waals surface area contributed by atoms with E-state index in [0.717, 1.165) is 18.2 Å². The van der Waals surface area contributed by atoms with Crippen molar-refractivity contribution in [2.45, 2.75) is 18.8 Å². The fourth-order valence-corrected chi connectivity index (χ4v) is 1.63. The molecule has 5 nitrogen and oxygen atoms in total. The topological polar surface area (TPSA) is 73.6 Å². The summed E-state index contributed by atoms with van der Waals surface area (Å²) in [5.74, 6) is -1.58. The minimum absolute atomic E-state index is 0. The maximum absolute atomic E-state index is 12.3. The van der Waals surface area contributed by atoms with E-state index in [9.17, 15) is 31.1 Å². The standard InChI is InChI=1S/C14H16F6N2O3.ClH/c15-13(16,17)7-24-9-2-3-11(25-8-14(18,19)20)10(6-9)12(23)22-5-1-4-21;/h2-3,6H,1,4-5,7-8,21H2,(H,22,23);1H. The van der Waals surface area contributed by atoms with Crippen molar-refractivity contribution in [1.29, 1.82) is 0 Å². The number of alkyl halides is 6. The summed E-state index contributed by atoms with van der Waals surface area (Å²) in [4.78, 5) is 12.0. The quantitative estimate of drug-likeness (QED) is 0.510. The third kappa shape index (κ3) is 9.56. The van der Waals surface area contributed by atoms with Crippen LogP contribution in [-0.4, -0.2) is 44.6 Å². The van der Waals surface area contributed by atoms with Gasteiger partial charge in [-0.25, -0.2) is 0 Å². The summed E-state index contributed by atoms with van der Waals surface area (Å²) in [6.07, 6.45) is -8.83. The number of halogens is 7. The number of rotatable bonds is 8. The molecule has 0 saturated carbocycles. The average Bonchev–Trinajstić information content (AvgIpc) is 2.50. The first-order valence-electron chi connectivity index (χ1n) is 7.03. The smallest absolute Gasteiger partial charge is 0.422 e. The van der Waals surface area contributed by atoms with Gasteiger partial charge in [0.1, 0.15) is 11.5 Å². The lowest BCUT2D eigenvalue weighted by Gasteiger charge is -2.15. The van der Waals surface area contributed by atoms with Crippen LogP contribution in [0, 0.1) is 0 Å². The Morgan fingerprint density at radius 3 is 2.15 bits per heavy atom. The van der Waals surface area contributed by atoms with E-state index in [1.54, 1.807) is 0 Å². The summed E-state index contributed by atoms with van der Waals surface area (Å²) in [6.45, 7) is -2.85. The lowest BCUT2D eigenvalue weighted by molar-refractivity contribution is -0.154. The normalized spacial score (nSPS) is 11.5. The molecule has 1 aromatic rings. The van der Waals surface area contributed by atoms with Crippen molar-refractivity contribution in [2.75, 3.05) is 26.3 Å². The predicted molar refractivity (Wildman–Crippen MR) is 82.8 cm³/mol. The summed E-state index contributed by atoms with van der Waals surface area (Å²) in [5.41, 5.74) is 4.88. The highest BCUT2D eigenvalue weighted by molar-refractivity contribution is 5.97. The van der Waals surface area contributed by atoms with Crippen LogP contribution in [0.1, 0.15) is 16.8 Å². The second kappa shape index (κ2) is 10.3. The van der Waals surface area contributed by atoms with Gasteiger partial charge in [-0.15, -0.1) is 12.4 Å². The van der Waals surface area contributed by atoms with Gasteiger partial charge in [0.05, 0.1) is 5.56 Å². The molecule has 0 atom stereocenters. The van der Waals surface area contributed by atoms with Crippen LogP contribution in [-0.2, 0) is 0 Å². The molecule has 0 bridgehead atoms. The van der Waals surface area contributed by atoms with Crippen molar-refractivity contribution in [1.82, 2.24) is 5.32 Å². The third-order valence-electron chi connectivity index (χ3n) is 2.66. The Morgan fingerprint density at radius 1 is 1.04 bits per heavy atom. The number of benzene rings is 1. The minimum atomic E-state index is -4.64. The van der Waals surface area contributed by atoms with Crippen LogP contribution >= 0.6 is 12.4 Å². The number of hydrogen-bond acceptors (Lipinski definition) is 4. The van der Waals surface area contributed by atoms with E-state index in [-0.39, 0.29) is 36.8 Å². The molecule has 150 valence electrons. The maximum atomic E-state index is 12.3. The Bertz CT molecular complexity index is 581. The lowest BCUT2D eigenvalue weighted by Crippen LogP contribution is -2.27. The highest BCUT2D eigenvalue weighted by Crippen LogP contribution is 2.27. The fraction of sp³-hybridized carbons (Fsp3) is 0.500. The lowest BCUT2D eigenvalue weighted by atomic mass is 10.1. The molecule has 1 amide bonds. The second-order valence-electron chi connectivity index (χ2n) is 4.86. The van der Waals surface area contributed by atoms with Crippen LogP contribution in [0.2, 0.25) is 0 Å². The third-order valence-corrected chi connectivity index (χ3v) is 2.66. The van der Waals surface area contributed by atoms with Crippen LogP contribution < -0.4 is 20.5 Å². The number of amides is 1. The summed E-state index contributed by atoms with van der Waals surface area (Å²) in [6, 6.07) is 2.80. The molecule has 0 unspecified atom stereocenters. The molecule has 0 aliphatic carbocycles.